The summed E-state index contributed by atoms with van der Waals surface area (Å²) >= 11 is 0. The predicted molar refractivity (Wildman–Crippen MR) is 92.5 cm³/mol. The van der Waals surface area contributed by atoms with Gasteiger partial charge in [0.05, 0.1) is 5.69 Å². The van der Waals surface area contributed by atoms with Gasteiger partial charge in [-0.25, -0.2) is 9.97 Å². The van der Waals surface area contributed by atoms with E-state index in [0.717, 1.165) is 45.1 Å². The lowest BCUT2D eigenvalue weighted by molar-refractivity contribution is 0.242. The maximum absolute atomic E-state index is 4.84. The van der Waals surface area contributed by atoms with Crippen molar-refractivity contribution in [3.8, 4) is 0 Å². The lowest BCUT2D eigenvalue weighted by atomic mass is 10.0. The maximum Gasteiger partial charge on any atom is 0.225 e. The van der Waals surface area contributed by atoms with Gasteiger partial charge in [0.25, 0.3) is 0 Å². The zero-order valence-corrected chi connectivity index (χ0v) is 13.8. The number of nitrogens with zero attached hydrogens (tertiary/aromatic N) is 4. The third kappa shape index (κ3) is 3.08. The van der Waals surface area contributed by atoms with E-state index in [0.29, 0.717) is 0 Å². The van der Waals surface area contributed by atoms with Crippen molar-refractivity contribution in [3.05, 3.63) is 52.8 Å². The molecule has 0 spiro atoms. The Labute approximate surface area is 138 Å². The van der Waals surface area contributed by atoms with Crippen molar-refractivity contribution in [1.29, 1.82) is 0 Å². The van der Waals surface area contributed by atoms with Gasteiger partial charge in [-0.15, -0.1) is 0 Å². The quantitative estimate of drug-likeness (QED) is 0.872. The SMILES string of the molecule is Cc1ccccc1CN1CCc2nc(N3CCCC3)ncc2C1. The fourth-order valence-corrected chi connectivity index (χ4v) is 3.60. The molecule has 2 aliphatic heterocycles. The molecule has 120 valence electrons. The van der Waals surface area contributed by atoms with Crippen molar-refractivity contribution < 1.29 is 0 Å². The van der Waals surface area contributed by atoms with E-state index < -0.39 is 0 Å². The predicted octanol–water partition coefficient (Wildman–Crippen LogP) is 2.94. The van der Waals surface area contributed by atoms with E-state index in [1.165, 1.54) is 35.2 Å². The first-order chi connectivity index (χ1) is 11.3. The van der Waals surface area contributed by atoms with Gasteiger partial charge in [-0.05, 0) is 30.9 Å². The average molecular weight is 308 g/mol. The van der Waals surface area contributed by atoms with E-state index in [9.17, 15) is 0 Å². The summed E-state index contributed by atoms with van der Waals surface area (Å²) in [6.45, 7) is 7.47. The van der Waals surface area contributed by atoms with Gasteiger partial charge in [0.15, 0.2) is 0 Å². The standard InChI is InChI=1S/C19H24N4/c1-15-6-2-3-7-16(15)13-22-11-8-18-17(14-22)12-20-19(21-18)23-9-4-5-10-23/h2-3,6-7,12H,4-5,8-11,13-14H2,1H3. The van der Waals surface area contributed by atoms with Crippen molar-refractivity contribution in [1.82, 2.24) is 14.9 Å². The topological polar surface area (TPSA) is 32.3 Å². The summed E-state index contributed by atoms with van der Waals surface area (Å²) in [5.41, 5.74) is 5.35. The van der Waals surface area contributed by atoms with Crippen molar-refractivity contribution in [2.75, 3.05) is 24.5 Å². The van der Waals surface area contributed by atoms with E-state index in [1.54, 1.807) is 0 Å². The zero-order chi connectivity index (χ0) is 15.6. The van der Waals surface area contributed by atoms with Gasteiger partial charge < -0.3 is 4.90 Å². The summed E-state index contributed by atoms with van der Waals surface area (Å²) in [5, 5.41) is 0. The minimum absolute atomic E-state index is 0.939. The van der Waals surface area contributed by atoms with Gasteiger partial charge in [-0.3, -0.25) is 4.90 Å². The second kappa shape index (κ2) is 6.28. The number of benzene rings is 1. The van der Waals surface area contributed by atoms with Crippen LogP contribution in [0.2, 0.25) is 0 Å². The molecule has 0 radical (unpaired) electrons. The lowest BCUT2D eigenvalue weighted by Gasteiger charge is -2.29. The molecule has 1 saturated heterocycles. The number of anilines is 1. The van der Waals surface area contributed by atoms with Crippen LogP contribution in [0.5, 0.6) is 0 Å². The number of fused-ring (bicyclic) bond motifs is 1. The Hall–Kier alpha value is -1.94. The molecule has 2 aliphatic rings. The zero-order valence-electron chi connectivity index (χ0n) is 13.8. The summed E-state index contributed by atoms with van der Waals surface area (Å²) in [6, 6.07) is 8.67. The van der Waals surface area contributed by atoms with E-state index in [4.69, 9.17) is 4.98 Å². The Morgan fingerprint density at radius 3 is 2.74 bits per heavy atom. The highest BCUT2D eigenvalue weighted by Gasteiger charge is 2.21. The molecule has 0 aliphatic carbocycles. The Bertz CT molecular complexity index is 692. The molecule has 4 rings (SSSR count). The van der Waals surface area contributed by atoms with Gasteiger partial charge in [-0.1, -0.05) is 24.3 Å². The van der Waals surface area contributed by atoms with Crippen LogP contribution in [0.1, 0.15) is 35.2 Å². The molecule has 0 saturated carbocycles. The van der Waals surface area contributed by atoms with Crippen LogP contribution in [0.25, 0.3) is 0 Å². The van der Waals surface area contributed by atoms with Crippen molar-refractivity contribution in [2.24, 2.45) is 0 Å². The van der Waals surface area contributed by atoms with Gasteiger partial charge in [0, 0.05) is 50.9 Å². The molecule has 1 aromatic carbocycles. The fraction of sp³-hybridized carbons (Fsp3) is 0.474. The molecule has 0 unspecified atom stereocenters. The van der Waals surface area contributed by atoms with Crippen molar-refractivity contribution in [2.45, 2.75) is 39.3 Å². The molecule has 0 N–H and O–H groups in total. The fourth-order valence-electron chi connectivity index (χ4n) is 3.60. The molecule has 0 amide bonds. The number of aromatic nitrogens is 2. The smallest absolute Gasteiger partial charge is 0.225 e. The largest absolute Gasteiger partial charge is 0.341 e. The van der Waals surface area contributed by atoms with Gasteiger partial charge >= 0.3 is 0 Å². The van der Waals surface area contributed by atoms with Crippen LogP contribution in [0.4, 0.5) is 5.95 Å². The summed E-state index contributed by atoms with van der Waals surface area (Å²) < 4.78 is 0. The summed E-state index contributed by atoms with van der Waals surface area (Å²) in [7, 11) is 0. The van der Waals surface area contributed by atoms with Crippen LogP contribution >= 0.6 is 0 Å². The molecule has 0 bridgehead atoms. The van der Waals surface area contributed by atoms with Crippen LogP contribution in [0, 0.1) is 6.92 Å². The average Bonchev–Trinajstić information content (AvgIpc) is 3.11. The van der Waals surface area contributed by atoms with Crippen molar-refractivity contribution in [3.63, 3.8) is 0 Å². The first kappa shape index (κ1) is 14.6. The highest BCUT2D eigenvalue weighted by molar-refractivity contribution is 5.35. The van der Waals surface area contributed by atoms with Gasteiger partial charge in [-0.2, -0.15) is 0 Å². The maximum atomic E-state index is 4.84. The number of rotatable bonds is 3. The minimum Gasteiger partial charge on any atom is -0.341 e. The molecule has 4 nitrogen and oxygen atoms in total. The highest BCUT2D eigenvalue weighted by atomic mass is 15.3. The van der Waals surface area contributed by atoms with E-state index in [1.807, 2.05) is 0 Å². The molecule has 0 atom stereocenters. The number of hydrogen-bond donors (Lipinski definition) is 0. The Morgan fingerprint density at radius 1 is 1.09 bits per heavy atom. The third-order valence-electron chi connectivity index (χ3n) is 5.04. The second-order valence-electron chi connectivity index (χ2n) is 6.72. The van der Waals surface area contributed by atoms with E-state index >= 15 is 0 Å². The normalized spacial score (nSPS) is 18.2. The number of hydrogen-bond acceptors (Lipinski definition) is 4. The first-order valence-electron chi connectivity index (χ1n) is 8.66. The molecular formula is C19H24N4. The summed E-state index contributed by atoms with van der Waals surface area (Å²) in [5.74, 6) is 0.939. The molecule has 1 fully saturated rings. The minimum atomic E-state index is 0.939. The lowest BCUT2D eigenvalue weighted by Crippen LogP contribution is -2.32. The van der Waals surface area contributed by atoms with Crippen LogP contribution in [0.3, 0.4) is 0 Å². The second-order valence-corrected chi connectivity index (χ2v) is 6.72. The molecule has 23 heavy (non-hydrogen) atoms. The molecule has 1 aromatic heterocycles. The monoisotopic (exact) mass is 308 g/mol. The Balaban J connectivity index is 1.48. The van der Waals surface area contributed by atoms with Crippen LogP contribution in [0.15, 0.2) is 30.5 Å². The van der Waals surface area contributed by atoms with Crippen LogP contribution < -0.4 is 4.90 Å². The van der Waals surface area contributed by atoms with E-state index in [-0.39, 0.29) is 0 Å². The Kier molecular flexibility index (Phi) is 4.00. The summed E-state index contributed by atoms with van der Waals surface area (Å²) in [6.07, 6.45) is 5.62. The van der Waals surface area contributed by atoms with Crippen LogP contribution in [-0.4, -0.2) is 34.5 Å². The van der Waals surface area contributed by atoms with Crippen LogP contribution in [-0.2, 0) is 19.5 Å². The van der Waals surface area contributed by atoms with Gasteiger partial charge in [0.2, 0.25) is 5.95 Å². The van der Waals surface area contributed by atoms with E-state index in [2.05, 4.69) is 52.2 Å². The molecule has 2 aromatic rings. The Morgan fingerprint density at radius 2 is 1.91 bits per heavy atom. The van der Waals surface area contributed by atoms with Crippen molar-refractivity contribution >= 4 is 5.95 Å². The van der Waals surface area contributed by atoms with Gasteiger partial charge in [0.1, 0.15) is 0 Å². The number of aryl methyl sites for hydroxylation is 1. The highest BCUT2D eigenvalue weighted by Crippen LogP contribution is 2.23. The molecule has 4 heteroatoms. The summed E-state index contributed by atoms with van der Waals surface area (Å²) in [4.78, 5) is 14.3. The molecule has 3 heterocycles. The third-order valence-corrected chi connectivity index (χ3v) is 5.04. The molecular weight excluding hydrogens is 284 g/mol. The first-order valence-corrected chi connectivity index (χ1v) is 8.66.